The summed E-state index contributed by atoms with van der Waals surface area (Å²) in [6.45, 7) is 5.61. The number of hydrogen-bond donors (Lipinski definition) is 5. The number of sulfonamides is 2. The van der Waals surface area contributed by atoms with Gasteiger partial charge in [0.1, 0.15) is 11.5 Å². The van der Waals surface area contributed by atoms with Crippen LogP contribution in [-0.4, -0.2) is 111 Å². The van der Waals surface area contributed by atoms with Crippen LogP contribution in [-0.2, 0) is 29.6 Å². The molecule has 21 nitrogen and oxygen atoms in total. The first kappa shape index (κ1) is 61.4. The summed E-state index contributed by atoms with van der Waals surface area (Å²) in [5.74, 6) is 3.14. The number of nitrogens with zero attached hydrogens (tertiary/aromatic N) is 4. The fourth-order valence-electron chi connectivity index (χ4n) is 10.8. The summed E-state index contributed by atoms with van der Waals surface area (Å²) < 4.78 is 90.5. The van der Waals surface area contributed by atoms with E-state index in [9.17, 15) is 31.5 Å². The van der Waals surface area contributed by atoms with E-state index < -0.39 is 44.5 Å². The van der Waals surface area contributed by atoms with Gasteiger partial charge in [0.25, 0.3) is 0 Å². The number of carboxylic acids is 1. The van der Waals surface area contributed by atoms with Gasteiger partial charge in [-0.2, -0.15) is 0 Å². The number of carbonyl (C=O) groups excluding carboxylic acids is 1. The third kappa shape index (κ3) is 15.8. The van der Waals surface area contributed by atoms with Gasteiger partial charge >= 0.3 is 5.97 Å². The summed E-state index contributed by atoms with van der Waals surface area (Å²) in [7, 11) is -4.83. The number of carbonyl (C=O) groups is 2. The van der Waals surface area contributed by atoms with Gasteiger partial charge < -0.3 is 54.4 Å². The van der Waals surface area contributed by atoms with Crippen LogP contribution in [0, 0.1) is 11.8 Å². The molecule has 6 aromatic carbocycles. The second kappa shape index (κ2) is 28.2. The summed E-state index contributed by atoms with van der Waals surface area (Å²) in [5.41, 5.74) is 9.18. The molecule has 8 aromatic rings. The molecule has 4 aliphatic heterocycles. The van der Waals surface area contributed by atoms with Crippen molar-refractivity contribution in [2.75, 3.05) is 76.9 Å². The molecule has 12 rings (SSSR count). The van der Waals surface area contributed by atoms with Gasteiger partial charge in [-0.1, -0.05) is 36.4 Å². The topological polar surface area (TPSA) is 272 Å². The number of carboxylic acid groups (broad SMARTS) is 1. The first-order valence-corrected chi connectivity index (χ1v) is 31.6. The van der Waals surface area contributed by atoms with E-state index in [1.807, 2.05) is 36.7 Å². The molecule has 0 unspecified atom stereocenters. The molecule has 4 aliphatic rings. The number of benzene rings is 6. The first-order valence-electron chi connectivity index (χ1n) is 28.6. The molecule has 456 valence electrons. The molecule has 6 N–H and O–H groups in total. The van der Waals surface area contributed by atoms with E-state index in [-0.39, 0.29) is 35.7 Å². The predicted octanol–water partition coefficient (Wildman–Crippen LogP) is 8.74. The van der Waals surface area contributed by atoms with Crippen LogP contribution in [0.2, 0.25) is 0 Å². The molecule has 0 saturated carbocycles. The molecule has 6 heterocycles. The lowest BCUT2D eigenvalue weighted by atomic mass is 9.96. The van der Waals surface area contributed by atoms with E-state index in [2.05, 4.69) is 46.7 Å². The Labute approximate surface area is 505 Å². The first-order chi connectivity index (χ1) is 42.1. The highest BCUT2D eigenvalue weighted by Crippen LogP contribution is 2.38. The number of hydrogen-bond acceptors (Lipinski definition) is 17. The maximum atomic E-state index is 13.6. The van der Waals surface area contributed by atoms with Crippen molar-refractivity contribution in [3.05, 3.63) is 169 Å². The Balaban J connectivity index is 0.000000164. The second-order valence-electron chi connectivity index (χ2n) is 21.4. The van der Waals surface area contributed by atoms with E-state index in [4.69, 9.17) is 34.2 Å². The Morgan fingerprint density at radius 1 is 0.552 bits per heavy atom. The number of piperidine rings is 2. The molecule has 0 bridgehead atoms. The highest BCUT2D eigenvalue weighted by Gasteiger charge is 2.29. The molecule has 2 fully saturated rings. The van der Waals surface area contributed by atoms with Crippen LogP contribution >= 0.6 is 0 Å². The molecule has 2 aromatic heterocycles. The number of pyridine rings is 2. The quantitative estimate of drug-likeness (QED) is 0.0506. The van der Waals surface area contributed by atoms with Gasteiger partial charge in [0.05, 0.1) is 42.5 Å². The average molecular weight is 1220 g/mol. The van der Waals surface area contributed by atoms with E-state index in [1.54, 1.807) is 112 Å². The lowest BCUT2D eigenvalue weighted by Crippen LogP contribution is -2.39. The van der Waals surface area contributed by atoms with Crippen molar-refractivity contribution < 1.29 is 60.0 Å². The molecule has 2 saturated heterocycles. The number of rotatable bonds is 19. The Kier molecular flexibility index (Phi) is 19.9. The second-order valence-corrected chi connectivity index (χ2v) is 24.9. The van der Waals surface area contributed by atoms with Crippen LogP contribution in [0.15, 0.2) is 168 Å². The van der Waals surface area contributed by atoms with Crippen LogP contribution < -0.4 is 58.7 Å². The molecular formula is C64H70N8O13S2. The number of methoxy groups -OCH3 is 2. The van der Waals surface area contributed by atoms with E-state index in [0.717, 1.165) is 78.7 Å². The summed E-state index contributed by atoms with van der Waals surface area (Å²) >= 11 is 0. The number of nitrogens with two attached hydrogens (primary N) is 1. The smallest absolute Gasteiger partial charge is 0.305 e. The van der Waals surface area contributed by atoms with E-state index in [0.29, 0.717) is 58.1 Å². The lowest BCUT2D eigenvalue weighted by Gasteiger charge is -2.33. The van der Waals surface area contributed by atoms with Gasteiger partial charge in [0.2, 0.25) is 39.5 Å². The zero-order valence-electron chi connectivity index (χ0n) is 48.2. The van der Waals surface area contributed by atoms with Crippen molar-refractivity contribution in [1.82, 2.24) is 24.7 Å². The van der Waals surface area contributed by atoms with Gasteiger partial charge in [0, 0.05) is 75.3 Å². The molecule has 87 heavy (non-hydrogen) atoms. The molecule has 0 aliphatic carbocycles. The van der Waals surface area contributed by atoms with Crippen molar-refractivity contribution in [3.8, 4) is 34.5 Å². The number of aromatic nitrogens is 2. The number of amides is 1. The van der Waals surface area contributed by atoms with Crippen molar-refractivity contribution in [3.63, 3.8) is 0 Å². The minimum atomic E-state index is -3.99. The van der Waals surface area contributed by atoms with Gasteiger partial charge in [-0.05, 0) is 174 Å². The number of ether oxygens (including phenoxy) is 6. The number of aliphatic carboxylic acids is 1. The fourth-order valence-corrected chi connectivity index (χ4v) is 13.4. The number of fused-ring (bicyclic) bond motifs is 4. The van der Waals surface area contributed by atoms with Crippen LogP contribution in [0.4, 0.5) is 11.4 Å². The van der Waals surface area contributed by atoms with Gasteiger partial charge in [-0.25, -0.2) is 26.3 Å². The highest BCUT2D eigenvalue weighted by molar-refractivity contribution is 7.89. The van der Waals surface area contributed by atoms with Crippen molar-refractivity contribution >= 4 is 64.8 Å². The maximum Gasteiger partial charge on any atom is 0.305 e. The molecule has 23 heteroatoms. The number of nitrogens with one attached hydrogen (secondary N) is 3. The zero-order chi connectivity index (χ0) is 60.9. The van der Waals surface area contributed by atoms with E-state index >= 15 is 0 Å². The van der Waals surface area contributed by atoms with Gasteiger partial charge in [-0.3, -0.25) is 19.6 Å². The number of anilines is 2. The Bertz CT molecular complexity index is 3910. The van der Waals surface area contributed by atoms with Crippen LogP contribution in [0.1, 0.15) is 61.7 Å². The Morgan fingerprint density at radius 3 is 1.40 bits per heavy atom. The molecular weight excluding hydrogens is 1150 g/mol. The summed E-state index contributed by atoms with van der Waals surface area (Å²) in [4.78, 5) is 37.6. The molecule has 0 spiro atoms. The third-order valence-corrected chi connectivity index (χ3v) is 18.8. The largest absolute Gasteiger partial charge is 0.497 e. The lowest BCUT2D eigenvalue weighted by molar-refractivity contribution is -0.137. The molecule has 2 atom stereocenters. The monoisotopic (exact) mass is 1220 g/mol. The summed E-state index contributed by atoms with van der Waals surface area (Å²) in [6, 6.07) is 36.8. The van der Waals surface area contributed by atoms with Crippen molar-refractivity contribution in [2.45, 2.75) is 60.4 Å². The summed E-state index contributed by atoms with van der Waals surface area (Å²) in [6.07, 6.45) is 11.1. The minimum Gasteiger partial charge on any atom is -0.497 e. The molecule has 1 amide bonds. The van der Waals surface area contributed by atoms with Gasteiger partial charge in [-0.15, -0.1) is 0 Å². The van der Waals surface area contributed by atoms with Crippen molar-refractivity contribution in [1.29, 1.82) is 0 Å². The molecule has 0 radical (unpaired) electrons. The SMILES string of the molecule is COc1ccc2cc(S(=O)(=O)N[C@H](CC(=O)NCC3CCN(c4ccncc4)CC3)c3ccc4c(c3)OCO4)ccc2c1.COc1ccc2cc(S(=O)(=O)N[C@H](CC(=O)O)c3ccc4c(c3)OCO4)ccc2c1.NCC1CCN(c2ccncc2)CC1. The predicted molar refractivity (Wildman–Crippen MR) is 330 cm³/mol. The van der Waals surface area contributed by atoms with Crippen LogP contribution in [0.5, 0.6) is 34.5 Å². The normalized spacial score (nSPS) is 15.6. The van der Waals surface area contributed by atoms with E-state index in [1.165, 1.54) is 30.7 Å². The third-order valence-electron chi connectivity index (χ3n) is 15.8. The maximum absolute atomic E-state index is 13.6. The summed E-state index contributed by atoms with van der Waals surface area (Å²) in [5, 5.41) is 15.5. The Morgan fingerprint density at radius 2 is 0.966 bits per heavy atom. The van der Waals surface area contributed by atoms with Crippen LogP contribution in [0.3, 0.4) is 0 Å². The van der Waals surface area contributed by atoms with Crippen LogP contribution in [0.25, 0.3) is 21.5 Å². The average Bonchev–Trinajstić information content (AvgIpc) is 2.44. The minimum absolute atomic E-state index is 0.0382. The van der Waals surface area contributed by atoms with Crippen molar-refractivity contribution in [2.24, 2.45) is 17.6 Å². The fraction of sp³-hybridized carbons (Fsp3) is 0.312. The zero-order valence-corrected chi connectivity index (χ0v) is 49.9. The standard InChI is InChI=1S/C32H34N4O6S.C21H19NO7S.C11H17N3/c1-40-27-5-2-24-17-28(6-3-23(24)16-27)43(38,39)35-29(25-4-7-30-31(18-25)42-21-41-30)19-32(37)34-20-22-10-14-36(15-11-22)26-8-12-33-13-9-26;1-27-16-5-2-14-9-17(6-3-13(14)8-16)30(25,26)22-18(11-21(23)24)15-4-7-19-20(10-15)29-12-28-19;12-9-10-3-7-14(8-4-10)11-1-5-13-6-2-11/h2-9,12-13,16-18,22,29,35H,10-11,14-15,19-21H2,1H3,(H,34,37);2-10,18,22H,11-12H2,1H3,(H,23,24);1-2,5-6,10H,3-4,7-9,12H2/t29-;18-;/m11./s1. The Hall–Kier alpha value is -8.74. The van der Waals surface area contributed by atoms with Gasteiger partial charge in [0.15, 0.2) is 23.0 Å². The highest BCUT2D eigenvalue weighted by atomic mass is 32.2.